The number of hydrogen-bond acceptors (Lipinski definition) is 2. The van der Waals surface area contributed by atoms with Crippen molar-refractivity contribution >= 4 is 17.5 Å². The molecule has 0 heterocycles. The number of aryl methyl sites for hydroxylation is 2. The fourth-order valence-electron chi connectivity index (χ4n) is 6.18. The molecule has 5 heteroatoms. The summed E-state index contributed by atoms with van der Waals surface area (Å²) in [6, 6.07) is 5.92. The number of nitrogens with two attached hydrogens (primary N) is 1. The van der Waals surface area contributed by atoms with E-state index in [1.54, 1.807) is 0 Å². The Bertz CT molecular complexity index is 688. The predicted octanol–water partition coefficient (Wildman–Crippen LogP) is 1.89. The van der Waals surface area contributed by atoms with Crippen LogP contribution in [0.25, 0.3) is 0 Å². The Hall–Kier alpha value is -1.88. The van der Waals surface area contributed by atoms with Crippen molar-refractivity contribution < 1.29 is 14.9 Å². The van der Waals surface area contributed by atoms with Crippen molar-refractivity contribution in [1.82, 2.24) is 5.32 Å². The number of quaternary nitrogens is 1. The van der Waals surface area contributed by atoms with Gasteiger partial charge in [0, 0.05) is 24.9 Å². The van der Waals surface area contributed by atoms with E-state index < -0.39 is 0 Å². The van der Waals surface area contributed by atoms with Crippen LogP contribution >= 0.6 is 0 Å². The minimum Gasteiger partial charge on any atom is -0.342 e. The number of nitrogens with one attached hydrogen (secondary N) is 2. The van der Waals surface area contributed by atoms with Gasteiger partial charge in [-0.1, -0.05) is 18.2 Å². The zero-order valence-corrected chi connectivity index (χ0v) is 16.5. The van der Waals surface area contributed by atoms with E-state index >= 15 is 0 Å². The Morgan fingerprint density at radius 3 is 2.11 bits per heavy atom. The molecule has 0 spiro atoms. The fourth-order valence-corrected chi connectivity index (χ4v) is 6.18. The number of rotatable bonds is 6. The first kappa shape index (κ1) is 18.5. The summed E-state index contributed by atoms with van der Waals surface area (Å²) in [5, 5.41) is 8.00. The topological polar surface area (TPSA) is 74.8 Å². The Morgan fingerprint density at radius 2 is 1.56 bits per heavy atom. The van der Waals surface area contributed by atoms with Crippen molar-refractivity contribution in [3.8, 4) is 0 Å². The van der Waals surface area contributed by atoms with Gasteiger partial charge < -0.3 is 16.0 Å². The summed E-state index contributed by atoms with van der Waals surface area (Å²) in [4.78, 5) is 24.5. The summed E-state index contributed by atoms with van der Waals surface area (Å²) < 4.78 is 0. The maximum atomic E-state index is 12.3. The highest BCUT2D eigenvalue weighted by Gasteiger charge is 2.53. The van der Waals surface area contributed by atoms with Crippen molar-refractivity contribution in [2.75, 3.05) is 18.4 Å². The summed E-state index contributed by atoms with van der Waals surface area (Å²) in [5.41, 5.74) is 3.21. The third-order valence-electron chi connectivity index (χ3n) is 7.00. The van der Waals surface area contributed by atoms with Gasteiger partial charge in [0.2, 0.25) is 5.91 Å². The second-order valence-corrected chi connectivity index (χ2v) is 9.28. The largest absolute Gasteiger partial charge is 0.342 e. The zero-order valence-electron chi connectivity index (χ0n) is 16.5. The highest BCUT2D eigenvalue weighted by atomic mass is 16.2. The molecule has 0 aliphatic heterocycles. The molecule has 146 valence electrons. The molecule has 5 nitrogen and oxygen atoms in total. The van der Waals surface area contributed by atoms with Crippen LogP contribution in [0.1, 0.15) is 49.7 Å². The number of carbonyl (C=O) groups excluding carboxylic acids is 2. The van der Waals surface area contributed by atoms with Gasteiger partial charge in [0.05, 0.1) is 12.1 Å². The SMILES string of the molecule is Cc1cccc(C)c1NC(=O)CNC(=O)C[NH2+]C12CC3CC(CC(C3)C1)C2. The lowest BCUT2D eigenvalue weighted by molar-refractivity contribution is -0.730. The summed E-state index contributed by atoms with van der Waals surface area (Å²) in [5.74, 6) is 2.45. The maximum Gasteiger partial charge on any atom is 0.275 e. The molecule has 1 aromatic rings. The minimum absolute atomic E-state index is 0.0291. The van der Waals surface area contributed by atoms with Crippen LogP contribution in [0.3, 0.4) is 0 Å². The van der Waals surface area contributed by atoms with Crippen LogP contribution in [-0.4, -0.2) is 30.4 Å². The highest BCUT2D eigenvalue weighted by Crippen LogP contribution is 2.54. The molecule has 4 aliphatic rings. The van der Waals surface area contributed by atoms with Crippen molar-refractivity contribution in [3.63, 3.8) is 0 Å². The number of hydrogen-bond donors (Lipinski definition) is 3. The number of anilines is 1. The van der Waals surface area contributed by atoms with Crippen LogP contribution in [0.15, 0.2) is 18.2 Å². The van der Waals surface area contributed by atoms with E-state index in [0.29, 0.717) is 12.1 Å². The molecule has 0 unspecified atom stereocenters. The second-order valence-electron chi connectivity index (χ2n) is 9.28. The third kappa shape index (κ3) is 4.03. The van der Waals surface area contributed by atoms with Crippen LogP contribution in [0.5, 0.6) is 0 Å². The van der Waals surface area contributed by atoms with Gasteiger partial charge in [0.15, 0.2) is 6.54 Å². The van der Waals surface area contributed by atoms with Crippen LogP contribution in [-0.2, 0) is 9.59 Å². The lowest BCUT2D eigenvalue weighted by atomic mass is 9.53. The quantitative estimate of drug-likeness (QED) is 0.715. The first-order chi connectivity index (χ1) is 12.9. The lowest BCUT2D eigenvalue weighted by Gasteiger charge is -2.54. The molecule has 5 rings (SSSR count). The molecule has 0 atom stereocenters. The number of carbonyl (C=O) groups is 2. The molecule has 4 aliphatic carbocycles. The fraction of sp³-hybridized carbons (Fsp3) is 0.636. The van der Waals surface area contributed by atoms with Gasteiger partial charge in [-0.2, -0.15) is 0 Å². The third-order valence-corrected chi connectivity index (χ3v) is 7.00. The average Bonchev–Trinajstić information content (AvgIpc) is 2.60. The van der Waals surface area contributed by atoms with Gasteiger partial charge in [-0.05, 0) is 62.0 Å². The van der Waals surface area contributed by atoms with E-state index in [1.807, 2.05) is 32.0 Å². The molecule has 4 bridgehead atoms. The standard InChI is InChI=1S/C22H31N3O2/c1-14-4-3-5-15(2)21(14)25-20(27)12-23-19(26)13-24-22-9-16-6-17(10-22)8-18(7-16)11-22/h3-5,16-18,24H,6-13H2,1-2H3,(H,23,26)(H,25,27)/p+1. The van der Waals surface area contributed by atoms with Gasteiger partial charge >= 0.3 is 0 Å². The second kappa shape index (κ2) is 7.27. The maximum absolute atomic E-state index is 12.3. The number of amides is 2. The molecular weight excluding hydrogens is 338 g/mol. The highest BCUT2D eigenvalue weighted by molar-refractivity contribution is 5.95. The van der Waals surface area contributed by atoms with Gasteiger partial charge in [-0.3, -0.25) is 9.59 Å². The average molecular weight is 371 g/mol. The first-order valence-electron chi connectivity index (χ1n) is 10.4. The molecule has 4 N–H and O–H groups in total. The molecule has 4 fully saturated rings. The predicted molar refractivity (Wildman–Crippen MR) is 105 cm³/mol. The van der Waals surface area contributed by atoms with E-state index in [4.69, 9.17) is 0 Å². The monoisotopic (exact) mass is 370 g/mol. The van der Waals surface area contributed by atoms with Crippen molar-refractivity contribution in [2.24, 2.45) is 17.8 Å². The minimum atomic E-state index is -0.171. The van der Waals surface area contributed by atoms with E-state index in [-0.39, 0.29) is 18.4 Å². The lowest BCUT2D eigenvalue weighted by Crippen LogP contribution is -3.00. The first-order valence-corrected chi connectivity index (χ1v) is 10.4. The molecule has 1 aromatic carbocycles. The van der Waals surface area contributed by atoms with Crippen molar-refractivity contribution in [2.45, 2.75) is 57.9 Å². The van der Waals surface area contributed by atoms with Crippen LogP contribution in [0.2, 0.25) is 0 Å². The van der Waals surface area contributed by atoms with E-state index in [9.17, 15) is 9.59 Å². The Balaban J connectivity index is 1.24. The molecule has 27 heavy (non-hydrogen) atoms. The van der Waals surface area contributed by atoms with Crippen molar-refractivity contribution in [1.29, 1.82) is 0 Å². The van der Waals surface area contributed by atoms with Gasteiger partial charge in [-0.15, -0.1) is 0 Å². The molecule has 0 radical (unpaired) electrons. The van der Waals surface area contributed by atoms with E-state index in [1.165, 1.54) is 38.5 Å². The van der Waals surface area contributed by atoms with Gasteiger partial charge in [-0.25, -0.2) is 0 Å². The summed E-state index contributed by atoms with van der Waals surface area (Å²) >= 11 is 0. The van der Waals surface area contributed by atoms with E-state index in [0.717, 1.165) is 34.6 Å². The van der Waals surface area contributed by atoms with Crippen LogP contribution < -0.4 is 16.0 Å². The molecule has 4 saturated carbocycles. The normalized spacial score (nSPS) is 31.0. The Morgan fingerprint density at radius 1 is 1.00 bits per heavy atom. The van der Waals surface area contributed by atoms with Crippen LogP contribution in [0, 0.1) is 31.6 Å². The number of benzene rings is 1. The van der Waals surface area contributed by atoms with E-state index in [2.05, 4.69) is 16.0 Å². The molecular formula is C22H32N3O2+. The molecule has 0 aromatic heterocycles. The summed E-state index contributed by atoms with van der Waals surface area (Å²) in [7, 11) is 0. The van der Waals surface area contributed by atoms with Crippen molar-refractivity contribution in [3.05, 3.63) is 29.3 Å². The number of para-hydroxylation sites is 1. The molecule has 0 saturated heterocycles. The van der Waals surface area contributed by atoms with Gasteiger partial charge in [0.1, 0.15) is 0 Å². The Kier molecular flexibility index (Phi) is 4.97. The molecule has 2 amide bonds. The smallest absolute Gasteiger partial charge is 0.275 e. The summed E-state index contributed by atoms with van der Waals surface area (Å²) in [6.07, 6.45) is 8.07. The van der Waals surface area contributed by atoms with Gasteiger partial charge in [0.25, 0.3) is 5.91 Å². The zero-order chi connectivity index (χ0) is 19.0. The Labute approximate surface area is 161 Å². The summed E-state index contributed by atoms with van der Waals surface area (Å²) in [6.45, 7) is 4.41. The van der Waals surface area contributed by atoms with Crippen LogP contribution in [0.4, 0.5) is 5.69 Å².